The average molecular weight is 639 g/mol. The zero-order valence-electron chi connectivity index (χ0n) is 26.1. The maximum absolute atomic E-state index is 13.6. The highest BCUT2D eigenvalue weighted by molar-refractivity contribution is 6.34. The molecule has 0 N–H and O–H groups in total. The number of benzene rings is 2. The van der Waals surface area contributed by atoms with Crippen LogP contribution in [0.1, 0.15) is 36.9 Å². The third kappa shape index (κ3) is 6.64. The van der Waals surface area contributed by atoms with Gasteiger partial charge in [0.05, 0.1) is 43.9 Å². The van der Waals surface area contributed by atoms with Crippen LogP contribution in [0.25, 0.3) is 11.1 Å². The molecule has 0 saturated carbocycles. The van der Waals surface area contributed by atoms with Gasteiger partial charge in [0.25, 0.3) is 5.56 Å². The van der Waals surface area contributed by atoms with Gasteiger partial charge in [-0.15, -0.1) is 0 Å². The van der Waals surface area contributed by atoms with Gasteiger partial charge in [0, 0.05) is 44.5 Å². The van der Waals surface area contributed by atoms with E-state index in [2.05, 4.69) is 0 Å². The Balaban J connectivity index is 1.33. The van der Waals surface area contributed by atoms with E-state index in [0.717, 1.165) is 27.9 Å². The first-order chi connectivity index (χ1) is 21.7. The van der Waals surface area contributed by atoms with E-state index in [9.17, 15) is 19.2 Å². The summed E-state index contributed by atoms with van der Waals surface area (Å²) in [7, 11) is 4.60. The number of piperidine rings is 1. The lowest BCUT2D eigenvalue weighted by molar-refractivity contribution is -0.136. The van der Waals surface area contributed by atoms with Crippen LogP contribution in [0.4, 0.5) is 0 Å². The van der Waals surface area contributed by atoms with Gasteiger partial charge in [0.2, 0.25) is 11.8 Å². The van der Waals surface area contributed by atoms with Crippen LogP contribution < -0.4 is 20.7 Å². The van der Waals surface area contributed by atoms with Crippen molar-refractivity contribution >= 4 is 23.4 Å². The van der Waals surface area contributed by atoms with Crippen molar-refractivity contribution in [3.63, 3.8) is 0 Å². The van der Waals surface area contributed by atoms with E-state index in [1.54, 1.807) is 37.1 Å². The fourth-order valence-electron chi connectivity index (χ4n) is 6.32. The van der Waals surface area contributed by atoms with Crippen LogP contribution in [0.5, 0.6) is 11.5 Å². The Bertz CT molecular complexity index is 1690. The maximum atomic E-state index is 13.6. The van der Waals surface area contributed by atoms with E-state index in [-0.39, 0.29) is 41.6 Å². The molecule has 3 heterocycles. The Morgan fingerprint density at radius 1 is 0.978 bits per heavy atom. The van der Waals surface area contributed by atoms with Gasteiger partial charge in [-0.2, -0.15) is 0 Å². The fourth-order valence-corrected chi connectivity index (χ4v) is 6.63. The zero-order chi connectivity index (χ0) is 32.2. The summed E-state index contributed by atoms with van der Waals surface area (Å²) >= 11 is 6.57. The minimum absolute atomic E-state index is 0.0269. The summed E-state index contributed by atoms with van der Waals surface area (Å²) in [4.78, 5) is 57.6. The third-order valence-electron chi connectivity index (χ3n) is 8.77. The molecule has 11 nitrogen and oxygen atoms in total. The predicted octanol–water partition coefficient (Wildman–Crippen LogP) is 3.17. The first kappa shape index (κ1) is 32.3. The van der Waals surface area contributed by atoms with Crippen molar-refractivity contribution in [2.24, 2.45) is 0 Å². The lowest BCUT2D eigenvalue weighted by Gasteiger charge is -2.38. The van der Waals surface area contributed by atoms with Gasteiger partial charge in [0.15, 0.2) is 0 Å². The highest BCUT2D eigenvalue weighted by Crippen LogP contribution is 2.33. The minimum atomic E-state index is -0.609. The number of methoxy groups -OCH3 is 3. The number of carbonyl (C=O) groups excluding carboxylic acids is 2. The second-order valence-corrected chi connectivity index (χ2v) is 11.9. The SMILES string of the molecule is COC[C@H](C)n1c(=O)c(-c2cccc(OC)c2Cl)cn(CC(=O)N2CCC(N3CCc4cc(OC)ccc4CC3=O)CC2)c1=O. The summed E-state index contributed by atoms with van der Waals surface area (Å²) < 4.78 is 18.3. The highest BCUT2D eigenvalue weighted by Gasteiger charge is 2.32. The third-order valence-corrected chi connectivity index (χ3v) is 9.16. The molecule has 45 heavy (non-hydrogen) atoms. The molecule has 240 valence electrons. The molecule has 0 spiro atoms. The molecular weight excluding hydrogens is 600 g/mol. The number of amides is 2. The minimum Gasteiger partial charge on any atom is -0.497 e. The maximum Gasteiger partial charge on any atom is 0.331 e. The van der Waals surface area contributed by atoms with Gasteiger partial charge in [0.1, 0.15) is 18.0 Å². The molecule has 1 fully saturated rings. The van der Waals surface area contributed by atoms with Gasteiger partial charge < -0.3 is 24.0 Å². The zero-order valence-corrected chi connectivity index (χ0v) is 26.8. The first-order valence-electron chi connectivity index (χ1n) is 15.1. The molecule has 0 bridgehead atoms. The second kappa shape index (κ2) is 13.9. The monoisotopic (exact) mass is 638 g/mol. The Kier molecular flexibility index (Phi) is 9.99. The first-order valence-corrected chi connectivity index (χ1v) is 15.4. The molecule has 1 aromatic heterocycles. The molecule has 0 aliphatic carbocycles. The number of rotatable bonds is 9. The van der Waals surface area contributed by atoms with Gasteiger partial charge in [-0.1, -0.05) is 29.8 Å². The molecular formula is C33H39ClN4O7. The topological polar surface area (TPSA) is 112 Å². The lowest BCUT2D eigenvalue weighted by atomic mass is 10.0. The van der Waals surface area contributed by atoms with Gasteiger partial charge in [-0.05, 0) is 55.5 Å². The van der Waals surface area contributed by atoms with Crippen LogP contribution in [-0.2, 0) is 33.7 Å². The molecule has 1 saturated heterocycles. The average Bonchev–Trinajstić information content (AvgIpc) is 3.20. The number of likely N-dealkylation sites (tertiary alicyclic amines) is 1. The molecule has 1 atom stereocenters. The number of fused-ring (bicyclic) bond motifs is 1. The molecule has 5 rings (SSSR count). The smallest absolute Gasteiger partial charge is 0.331 e. The van der Waals surface area contributed by atoms with Crippen molar-refractivity contribution in [1.29, 1.82) is 0 Å². The summed E-state index contributed by atoms with van der Waals surface area (Å²) in [5, 5.41) is 0.229. The van der Waals surface area contributed by atoms with E-state index in [0.29, 0.717) is 50.2 Å². The van der Waals surface area contributed by atoms with Crippen LogP contribution in [0, 0.1) is 0 Å². The number of aromatic nitrogens is 2. The Morgan fingerprint density at radius 2 is 1.73 bits per heavy atom. The molecule has 2 aromatic carbocycles. The molecule has 3 aromatic rings. The van der Waals surface area contributed by atoms with Crippen molar-refractivity contribution in [3.8, 4) is 22.6 Å². The second-order valence-electron chi connectivity index (χ2n) is 11.5. The van der Waals surface area contributed by atoms with E-state index in [1.807, 2.05) is 23.1 Å². The highest BCUT2D eigenvalue weighted by atomic mass is 35.5. The number of ether oxygens (including phenoxy) is 3. The fraction of sp³-hybridized carbons (Fsp3) is 0.455. The van der Waals surface area contributed by atoms with Crippen LogP contribution in [0.2, 0.25) is 5.02 Å². The Morgan fingerprint density at radius 3 is 2.42 bits per heavy atom. The van der Waals surface area contributed by atoms with E-state index in [4.69, 9.17) is 25.8 Å². The molecule has 0 unspecified atom stereocenters. The summed E-state index contributed by atoms with van der Waals surface area (Å²) in [6.45, 7) is 3.11. The molecule has 12 heteroatoms. The number of hydrogen-bond donors (Lipinski definition) is 0. The van der Waals surface area contributed by atoms with Crippen molar-refractivity contribution in [2.45, 2.75) is 51.2 Å². The summed E-state index contributed by atoms with van der Waals surface area (Å²) in [5.74, 6) is 1.01. The van der Waals surface area contributed by atoms with Gasteiger partial charge in [-0.3, -0.25) is 23.5 Å². The van der Waals surface area contributed by atoms with Crippen LogP contribution in [-0.4, -0.2) is 84.4 Å². The van der Waals surface area contributed by atoms with E-state index >= 15 is 0 Å². The number of carbonyl (C=O) groups is 2. The quantitative estimate of drug-likeness (QED) is 0.354. The van der Waals surface area contributed by atoms with E-state index < -0.39 is 17.3 Å². The standard InChI is InChI=1S/C33H39ClN4O7/c1-21(20-43-2)38-32(41)27(26-6-5-7-28(45-4)31(26)34)18-36(33(38)42)19-30(40)35-13-11-24(12-14-35)37-15-10-23-16-25(44-3)9-8-22(23)17-29(37)39/h5-9,16,18,21,24H,10-15,17,19-20H2,1-4H3/t21-/m0/s1. The van der Waals surface area contributed by atoms with Gasteiger partial charge >= 0.3 is 5.69 Å². The molecule has 2 amide bonds. The van der Waals surface area contributed by atoms with Crippen molar-refractivity contribution < 1.29 is 23.8 Å². The van der Waals surface area contributed by atoms with Gasteiger partial charge in [-0.25, -0.2) is 4.79 Å². The predicted molar refractivity (Wildman–Crippen MR) is 170 cm³/mol. The summed E-state index contributed by atoms with van der Waals surface area (Å²) in [6.07, 6.45) is 3.77. The number of nitrogens with zero attached hydrogens (tertiary/aromatic N) is 4. The van der Waals surface area contributed by atoms with E-state index in [1.165, 1.54) is 25.0 Å². The summed E-state index contributed by atoms with van der Waals surface area (Å²) in [5.41, 5.74) is 1.57. The summed E-state index contributed by atoms with van der Waals surface area (Å²) in [6, 6.07) is 10.3. The molecule has 2 aliphatic rings. The number of halogens is 1. The largest absolute Gasteiger partial charge is 0.497 e. The Hall–Kier alpha value is -4.09. The van der Waals surface area contributed by atoms with Crippen LogP contribution >= 0.6 is 11.6 Å². The van der Waals surface area contributed by atoms with Crippen molar-refractivity contribution in [1.82, 2.24) is 18.9 Å². The van der Waals surface area contributed by atoms with Crippen LogP contribution in [0.15, 0.2) is 52.2 Å². The van der Waals surface area contributed by atoms with Crippen LogP contribution in [0.3, 0.4) is 0 Å². The van der Waals surface area contributed by atoms with Crippen molar-refractivity contribution in [2.75, 3.05) is 47.6 Å². The lowest BCUT2D eigenvalue weighted by Crippen LogP contribution is -2.50. The van der Waals surface area contributed by atoms with Crippen molar-refractivity contribution in [3.05, 3.63) is 79.6 Å². The number of hydrogen-bond acceptors (Lipinski definition) is 7. The Labute approximate surface area is 266 Å². The molecule has 0 radical (unpaired) electrons. The molecule has 2 aliphatic heterocycles. The normalized spacial score (nSPS) is 16.2.